The molecule has 19 heavy (non-hydrogen) atoms. The van der Waals surface area contributed by atoms with E-state index in [2.05, 4.69) is 69.7 Å². The molecule has 0 bridgehead atoms. The molecule has 2 heteroatoms. The predicted molar refractivity (Wildman–Crippen MR) is 95.6 cm³/mol. The van der Waals surface area contributed by atoms with E-state index in [4.69, 9.17) is 0 Å². The molecule has 0 amide bonds. The highest BCUT2D eigenvalue weighted by Gasteiger charge is 2.14. The molecule has 0 fully saturated rings. The maximum Gasteiger partial charge on any atom is 0.148 e. The fourth-order valence-corrected chi connectivity index (χ4v) is 3.80. The van der Waals surface area contributed by atoms with Gasteiger partial charge in [0.1, 0.15) is 8.07 Å². The molecule has 0 heterocycles. The van der Waals surface area contributed by atoms with Gasteiger partial charge in [0, 0.05) is 8.80 Å². The summed E-state index contributed by atoms with van der Waals surface area (Å²) in [5.74, 6) is 0. The van der Waals surface area contributed by atoms with Crippen LogP contribution < -0.4 is 0 Å². The van der Waals surface area contributed by atoms with E-state index in [0.717, 1.165) is 0 Å². The number of rotatable bonds is 6. The van der Waals surface area contributed by atoms with Crippen LogP contribution in [0.4, 0.5) is 0 Å². The molecule has 102 valence electrons. The van der Waals surface area contributed by atoms with E-state index in [0.29, 0.717) is 0 Å². The van der Waals surface area contributed by atoms with Gasteiger partial charge in [-0.05, 0) is 6.04 Å². The molecule has 0 unspecified atom stereocenters. The topological polar surface area (TPSA) is 0 Å². The lowest BCUT2D eigenvalue weighted by molar-refractivity contribution is 1.35. The van der Waals surface area contributed by atoms with Crippen molar-refractivity contribution in [3.63, 3.8) is 0 Å². The van der Waals surface area contributed by atoms with E-state index in [-0.39, 0.29) is 0 Å². The normalized spacial score (nSPS) is 10.1. The molecule has 0 aliphatic heterocycles. The molecule has 0 spiro atoms. The Labute approximate surface area is 121 Å². The molecule has 0 saturated carbocycles. The van der Waals surface area contributed by atoms with Gasteiger partial charge in [-0.3, -0.25) is 0 Å². The molecule has 1 aromatic rings. The minimum absolute atomic E-state index is 0.397. The lowest BCUT2D eigenvalue weighted by Gasteiger charge is -2.11. The lowest BCUT2D eigenvalue weighted by Crippen LogP contribution is -2.22. The van der Waals surface area contributed by atoms with Crippen LogP contribution in [0.2, 0.25) is 13.1 Å². The maximum absolute atomic E-state index is 3.69. The van der Waals surface area contributed by atoms with Gasteiger partial charge in [-0.25, -0.2) is 0 Å². The molecule has 0 saturated heterocycles. The van der Waals surface area contributed by atoms with E-state index < -0.39 is 16.9 Å². The second-order valence-corrected chi connectivity index (χ2v) is 11.7. The third-order valence-electron chi connectivity index (χ3n) is 2.90. The molecule has 0 radical (unpaired) electrons. The van der Waals surface area contributed by atoms with Crippen LogP contribution in [-0.4, -0.2) is 16.9 Å². The monoisotopic (exact) mass is 286 g/mol. The quantitative estimate of drug-likeness (QED) is 0.671. The smallest absolute Gasteiger partial charge is 0.106 e. The second kappa shape index (κ2) is 9.53. The second-order valence-electron chi connectivity index (χ2n) is 4.90. The molecule has 1 aromatic carbocycles. The fourth-order valence-electron chi connectivity index (χ4n) is 1.59. The SMILES string of the molecule is C=C[Si](C=C)(C=C)C=C.C[SiH](C)Cc1ccccc1. The van der Waals surface area contributed by atoms with E-state index in [1.54, 1.807) is 0 Å². The first-order valence-corrected chi connectivity index (χ1v) is 12.1. The van der Waals surface area contributed by atoms with Gasteiger partial charge in [0.2, 0.25) is 0 Å². The summed E-state index contributed by atoms with van der Waals surface area (Å²) in [4.78, 5) is 0. The summed E-state index contributed by atoms with van der Waals surface area (Å²) >= 11 is 0. The van der Waals surface area contributed by atoms with Gasteiger partial charge in [0.05, 0.1) is 0 Å². The van der Waals surface area contributed by atoms with Crippen molar-refractivity contribution in [3.05, 3.63) is 85.0 Å². The molecule has 1 rings (SSSR count). The van der Waals surface area contributed by atoms with Crippen molar-refractivity contribution < 1.29 is 0 Å². The van der Waals surface area contributed by atoms with Crippen molar-refractivity contribution in [1.82, 2.24) is 0 Å². The van der Waals surface area contributed by atoms with Gasteiger partial charge in [0.25, 0.3) is 0 Å². The van der Waals surface area contributed by atoms with Crippen LogP contribution >= 0.6 is 0 Å². The zero-order valence-corrected chi connectivity index (χ0v) is 14.5. The third kappa shape index (κ3) is 6.94. The van der Waals surface area contributed by atoms with Crippen LogP contribution in [0.25, 0.3) is 0 Å². The van der Waals surface area contributed by atoms with Gasteiger partial charge in [-0.1, -0.05) is 71.8 Å². The molecular formula is C17H26Si2. The van der Waals surface area contributed by atoms with Crippen molar-refractivity contribution in [2.75, 3.05) is 0 Å². The largest absolute Gasteiger partial charge is 0.148 e. The molecule has 0 aliphatic carbocycles. The number of benzene rings is 1. The van der Waals surface area contributed by atoms with Crippen molar-refractivity contribution in [2.45, 2.75) is 19.1 Å². The highest BCUT2D eigenvalue weighted by atomic mass is 28.3. The highest BCUT2D eigenvalue weighted by molar-refractivity contribution is 6.97. The molecule has 0 atom stereocenters. The molecule has 0 nitrogen and oxygen atoms in total. The molecule has 0 N–H and O–H groups in total. The standard InChI is InChI=1S/C9H14Si.C8H12Si/c1-10(2)8-9-6-4-3-5-7-9;1-5-9(6-2,7-3)8-4/h3-7,10H,8H2,1-2H3;5-8H,1-4H2. The summed E-state index contributed by atoms with van der Waals surface area (Å²) in [7, 11) is -2.03. The van der Waals surface area contributed by atoms with Crippen LogP contribution in [0.5, 0.6) is 0 Å². The summed E-state index contributed by atoms with van der Waals surface area (Å²) in [5.41, 5.74) is 9.06. The van der Waals surface area contributed by atoms with E-state index in [9.17, 15) is 0 Å². The average Bonchev–Trinajstić information content (AvgIpc) is 2.43. The van der Waals surface area contributed by atoms with Crippen molar-refractivity contribution in [1.29, 1.82) is 0 Å². The summed E-state index contributed by atoms with van der Waals surface area (Å²) in [6.45, 7) is 19.5. The zero-order valence-electron chi connectivity index (χ0n) is 12.3. The highest BCUT2D eigenvalue weighted by Crippen LogP contribution is 2.06. The number of hydrogen-bond acceptors (Lipinski definition) is 0. The van der Waals surface area contributed by atoms with Crippen LogP contribution in [-0.2, 0) is 6.04 Å². The Morgan fingerprint density at radius 1 is 0.895 bits per heavy atom. The average molecular weight is 287 g/mol. The minimum atomic E-state index is -1.64. The maximum atomic E-state index is 3.69. The lowest BCUT2D eigenvalue weighted by atomic mass is 10.2. The molecule has 0 aliphatic rings. The van der Waals surface area contributed by atoms with Crippen molar-refractivity contribution >= 4 is 16.9 Å². The van der Waals surface area contributed by atoms with Crippen LogP contribution in [0.1, 0.15) is 5.56 Å². The molecular weight excluding hydrogens is 260 g/mol. The van der Waals surface area contributed by atoms with Gasteiger partial charge < -0.3 is 0 Å². The van der Waals surface area contributed by atoms with Crippen LogP contribution in [0.3, 0.4) is 0 Å². The Morgan fingerprint density at radius 2 is 1.32 bits per heavy atom. The summed E-state index contributed by atoms with van der Waals surface area (Å²) in [5, 5.41) is 0. The minimum Gasteiger partial charge on any atom is -0.106 e. The van der Waals surface area contributed by atoms with E-state index in [1.165, 1.54) is 11.6 Å². The third-order valence-corrected chi connectivity index (χ3v) is 7.02. The predicted octanol–water partition coefficient (Wildman–Crippen LogP) is 4.59. The number of hydrogen-bond donors (Lipinski definition) is 0. The summed E-state index contributed by atoms with van der Waals surface area (Å²) in [6.07, 6.45) is 0. The Bertz CT molecular complexity index is 367. The Hall–Kier alpha value is -1.39. The fraction of sp³-hybridized carbons (Fsp3) is 0.176. The van der Waals surface area contributed by atoms with E-state index >= 15 is 0 Å². The van der Waals surface area contributed by atoms with Crippen LogP contribution in [0, 0.1) is 0 Å². The first-order chi connectivity index (χ1) is 9.03. The van der Waals surface area contributed by atoms with Gasteiger partial charge in [-0.15, -0.1) is 26.3 Å². The molecule has 0 aromatic heterocycles. The van der Waals surface area contributed by atoms with Crippen molar-refractivity contribution in [3.8, 4) is 0 Å². The van der Waals surface area contributed by atoms with Gasteiger partial charge in [0.15, 0.2) is 0 Å². The van der Waals surface area contributed by atoms with Gasteiger partial charge in [-0.2, -0.15) is 0 Å². The Kier molecular flexibility index (Phi) is 8.84. The van der Waals surface area contributed by atoms with Crippen LogP contribution in [0.15, 0.2) is 79.4 Å². The van der Waals surface area contributed by atoms with Crippen molar-refractivity contribution in [2.24, 2.45) is 0 Å². The Balaban J connectivity index is 0.000000344. The van der Waals surface area contributed by atoms with Gasteiger partial charge >= 0.3 is 0 Å². The summed E-state index contributed by atoms with van der Waals surface area (Å²) < 4.78 is 0. The first-order valence-electron chi connectivity index (χ1n) is 6.61. The summed E-state index contributed by atoms with van der Waals surface area (Å²) in [6, 6.07) is 12.1. The Morgan fingerprint density at radius 3 is 1.58 bits per heavy atom. The van der Waals surface area contributed by atoms with E-state index in [1.807, 2.05) is 22.8 Å². The zero-order chi connectivity index (χ0) is 14.7. The first kappa shape index (κ1) is 17.6.